The maximum absolute atomic E-state index is 13.8. The number of aliphatic hydroxyl groups is 2. The third-order valence-corrected chi connectivity index (χ3v) is 9.01. The first-order valence-corrected chi connectivity index (χ1v) is 16.5. The van der Waals surface area contributed by atoms with Crippen molar-refractivity contribution in [1.82, 2.24) is 10.2 Å². The van der Waals surface area contributed by atoms with Gasteiger partial charge in [-0.25, -0.2) is 0 Å². The van der Waals surface area contributed by atoms with Gasteiger partial charge in [-0.3, -0.25) is 14.4 Å². The number of benzene rings is 1. The maximum Gasteiger partial charge on any atom is 0.247 e. The van der Waals surface area contributed by atoms with Gasteiger partial charge in [0.05, 0.1) is 31.8 Å². The molecule has 1 aromatic carbocycles. The Morgan fingerprint density at radius 2 is 1.84 bits per heavy atom. The SMILES string of the molecule is CCCCCCCCCCCC(=O)N(C[C@H]1CCCO1)[C@@H]1C=C(C(=O)NCCO)[C@@H]2c3cc(C=O)cc(OC)c3O[C@@H]2[C@H]1O. The topological polar surface area (TPSA) is 135 Å². The Hall–Kier alpha value is -2.95. The van der Waals surface area contributed by atoms with Crippen molar-refractivity contribution < 1.29 is 38.8 Å². The highest BCUT2D eigenvalue weighted by molar-refractivity contribution is 5.96. The first kappa shape index (κ1) is 33.9. The third-order valence-electron chi connectivity index (χ3n) is 9.01. The molecular formula is C34H50N2O8. The fraction of sp³-hybridized carbons (Fsp3) is 0.676. The van der Waals surface area contributed by atoms with Crippen LogP contribution in [0.4, 0.5) is 0 Å². The van der Waals surface area contributed by atoms with Gasteiger partial charge in [0.15, 0.2) is 11.5 Å². The minimum Gasteiger partial charge on any atom is -0.493 e. The van der Waals surface area contributed by atoms with Crippen molar-refractivity contribution >= 4 is 18.1 Å². The molecule has 3 N–H and O–H groups in total. The van der Waals surface area contributed by atoms with Gasteiger partial charge in [-0.15, -0.1) is 0 Å². The Balaban J connectivity index is 1.57. The summed E-state index contributed by atoms with van der Waals surface area (Å²) in [4.78, 5) is 40.7. The van der Waals surface area contributed by atoms with Crippen molar-refractivity contribution in [3.63, 3.8) is 0 Å². The summed E-state index contributed by atoms with van der Waals surface area (Å²) in [6.45, 7) is 2.96. The van der Waals surface area contributed by atoms with Crippen LogP contribution >= 0.6 is 0 Å². The molecule has 0 unspecified atom stereocenters. The highest BCUT2D eigenvalue weighted by Crippen LogP contribution is 2.51. The molecule has 3 aliphatic rings. The predicted molar refractivity (Wildman–Crippen MR) is 166 cm³/mol. The highest BCUT2D eigenvalue weighted by Gasteiger charge is 2.51. The van der Waals surface area contributed by atoms with E-state index in [1.54, 1.807) is 23.1 Å². The van der Waals surface area contributed by atoms with Crippen LogP contribution in [-0.2, 0) is 14.3 Å². The van der Waals surface area contributed by atoms with Crippen molar-refractivity contribution in [2.24, 2.45) is 0 Å². The van der Waals surface area contributed by atoms with Gasteiger partial charge in [0.1, 0.15) is 18.5 Å². The number of fused-ring (bicyclic) bond motifs is 3. The Morgan fingerprint density at radius 1 is 1.11 bits per heavy atom. The lowest BCUT2D eigenvalue weighted by atomic mass is 9.77. The number of ether oxygens (including phenoxy) is 3. The van der Waals surface area contributed by atoms with Crippen molar-refractivity contribution in [2.45, 2.75) is 114 Å². The van der Waals surface area contributed by atoms with Crippen LogP contribution in [0.3, 0.4) is 0 Å². The van der Waals surface area contributed by atoms with E-state index in [2.05, 4.69) is 12.2 Å². The Kier molecular flexibility index (Phi) is 13.1. The van der Waals surface area contributed by atoms with Gasteiger partial charge in [-0.05, 0) is 37.5 Å². The number of aliphatic hydroxyl groups excluding tert-OH is 2. The number of hydrogen-bond donors (Lipinski definition) is 3. The van der Waals surface area contributed by atoms with E-state index < -0.39 is 30.1 Å². The van der Waals surface area contributed by atoms with Gasteiger partial charge < -0.3 is 34.6 Å². The second-order valence-electron chi connectivity index (χ2n) is 12.2. The molecule has 0 aromatic heterocycles. The van der Waals surface area contributed by atoms with Crippen molar-refractivity contribution in [3.05, 3.63) is 34.9 Å². The zero-order valence-corrected chi connectivity index (χ0v) is 26.3. The molecule has 1 aromatic rings. The molecule has 10 heteroatoms. The monoisotopic (exact) mass is 614 g/mol. The molecule has 2 amide bonds. The number of rotatable bonds is 18. The van der Waals surface area contributed by atoms with E-state index in [9.17, 15) is 24.6 Å². The second-order valence-corrected chi connectivity index (χ2v) is 12.2. The standard InChI is InChI=1S/C34H50N2O8/c1-3-4-5-6-7-8-9-10-11-14-29(39)36(21-24-13-12-17-43-24)27-20-26(34(41)35-15-16-37)30-25-18-23(22-38)19-28(42-2)32(25)44-33(30)31(27)40/h18-20,22,24,27,30-31,33,37,40H,3-17,21H2,1-2H3,(H,35,41)/t24-,27-,30+,31+,33+/m1/s1. The van der Waals surface area contributed by atoms with Crippen molar-refractivity contribution in [3.8, 4) is 11.5 Å². The smallest absolute Gasteiger partial charge is 0.247 e. The Labute approximate surface area is 261 Å². The summed E-state index contributed by atoms with van der Waals surface area (Å²) in [5, 5.41) is 23.9. The lowest BCUT2D eigenvalue weighted by Gasteiger charge is -2.41. The molecule has 2 aliphatic heterocycles. The number of nitrogens with zero attached hydrogens (tertiary/aromatic N) is 1. The van der Waals surface area contributed by atoms with Crippen molar-refractivity contribution in [2.75, 3.05) is 33.4 Å². The number of hydrogen-bond acceptors (Lipinski definition) is 8. The summed E-state index contributed by atoms with van der Waals surface area (Å²) in [6.07, 6.45) is 12.5. The number of amides is 2. The predicted octanol–water partition coefficient (Wildman–Crippen LogP) is 4.06. The molecule has 0 radical (unpaired) electrons. The number of nitrogens with one attached hydrogen (secondary N) is 1. The summed E-state index contributed by atoms with van der Waals surface area (Å²) in [6, 6.07) is 2.38. The molecule has 0 saturated carbocycles. The van der Waals surface area contributed by atoms with Crippen molar-refractivity contribution in [1.29, 1.82) is 0 Å². The molecule has 1 aliphatic carbocycles. The molecule has 2 heterocycles. The average Bonchev–Trinajstić information content (AvgIpc) is 3.70. The molecule has 44 heavy (non-hydrogen) atoms. The van der Waals surface area contributed by atoms with E-state index in [4.69, 9.17) is 14.2 Å². The molecule has 10 nitrogen and oxygen atoms in total. The summed E-state index contributed by atoms with van der Waals surface area (Å²) in [7, 11) is 1.47. The molecule has 1 fully saturated rings. The van der Waals surface area contributed by atoms with Gasteiger partial charge >= 0.3 is 0 Å². The Bertz CT molecular complexity index is 1150. The Morgan fingerprint density at radius 3 is 2.48 bits per heavy atom. The average molecular weight is 615 g/mol. The molecule has 244 valence electrons. The fourth-order valence-electron chi connectivity index (χ4n) is 6.69. The van der Waals surface area contributed by atoms with Gasteiger partial charge in [-0.1, -0.05) is 58.3 Å². The molecule has 0 bridgehead atoms. The minimum absolute atomic E-state index is 0.0450. The number of aldehydes is 1. The number of carbonyl (C=O) groups excluding carboxylic acids is 3. The molecule has 1 saturated heterocycles. The van der Waals surface area contributed by atoms with E-state index in [0.29, 0.717) is 54.1 Å². The van der Waals surface area contributed by atoms with Gasteiger partial charge in [-0.2, -0.15) is 0 Å². The van der Waals surface area contributed by atoms with E-state index in [-0.39, 0.29) is 25.2 Å². The lowest BCUT2D eigenvalue weighted by Crippen LogP contribution is -2.57. The number of carbonyl (C=O) groups is 3. The zero-order chi connectivity index (χ0) is 31.5. The summed E-state index contributed by atoms with van der Waals surface area (Å²) in [5.41, 5.74) is 1.23. The quantitative estimate of drug-likeness (QED) is 0.167. The van der Waals surface area contributed by atoms with Crippen LogP contribution < -0.4 is 14.8 Å². The van der Waals surface area contributed by atoms with Crippen LogP contribution in [0.2, 0.25) is 0 Å². The second kappa shape index (κ2) is 16.9. The molecule has 0 spiro atoms. The third kappa shape index (κ3) is 8.20. The highest BCUT2D eigenvalue weighted by atomic mass is 16.5. The normalized spacial score (nSPS) is 23.7. The number of methoxy groups -OCH3 is 1. The van der Waals surface area contributed by atoms with Crippen LogP contribution in [0.1, 0.15) is 106 Å². The van der Waals surface area contributed by atoms with Crippen LogP contribution in [0.15, 0.2) is 23.8 Å². The van der Waals surface area contributed by atoms with E-state index in [0.717, 1.165) is 32.1 Å². The molecular weight excluding hydrogens is 564 g/mol. The first-order valence-electron chi connectivity index (χ1n) is 16.5. The summed E-state index contributed by atoms with van der Waals surface area (Å²) in [5.74, 6) is -0.522. The van der Waals surface area contributed by atoms with Crippen LogP contribution in [0.5, 0.6) is 11.5 Å². The van der Waals surface area contributed by atoms with Crippen LogP contribution in [0, 0.1) is 0 Å². The number of unbranched alkanes of at least 4 members (excludes halogenated alkanes) is 8. The zero-order valence-electron chi connectivity index (χ0n) is 26.3. The molecule has 5 atom stereocenters. The van der Waals surface area contributed by atoms with E-state index >= 15 is 0 Å². The lowest BCUT2D eigenvalue weighted by molar-refractivity contribution is -0.139. The maximum atomic E-state index is 13.8. The van der Waals surface area contributed by atoms with E-state index in [1.807, 2.05) is 0 Å². The van der Waals surface area contributed by atoms with Gasteiger partial charge in [0.25, 0.3) is 0 Å². The van der Waals surface area contributed by atoms with Gasteiger partial charge in [0.2, 0.25) is 11.8 Å². The summed E-state index contributed by atoms with van der Waals surface area (Å²) < 4.78 is 17.7. The van der Waals surface area contributed by atoms with Crippen LogP contribution in [-0.4, -0.2) is 91.0 Å². The van der Waals surface area contributed by atoms with E-state index in [1.165, 1.54) is 45.6 Å². The van der Waals surface area contributed by atoms with Crippen LogP contribution in [0.25, 0.3) is 0 Å². The first-order chi connectivity index (χ1) is 21.4. The van der Waals surface area contributed by atoms with Gasteiger partial charge in [0, 0.05) is 42.8 Å². The molecule has 4 rings (SSSR count). The fourth-order valence-corrected chi connectivity index (χ4v) is 6.69. The largest absolute Gasteiger partial charge is 0.493 e. The minimum atomic E-state index is -1.15. The summed E-state index contributed by atoms with van der Waals surface area (Å²) >= 11 is 0.